The first-order chi connectivity index (χ1) is 10.3. The number of nitrogens with zero attached hydrogens (tertiary/aromatic N) is 1. The quantitative estimate of drug-likeness (QED) is 0.835. The molecule has 2 bridgehead atoms. The number of methoxy groups -OCH3 is 2. The predicted octanol–water partition coefficient (Wildman–Crippen LogP) is 2.20. The summed E-state index contributed by atoms with van der Waals surface area (Å²) in [5, 5.41) is 0. The van der Waals surface area contributed by atoms with Crippen molar-refractivity contribution >= 4 is 0 Å². The lowest BCUT2D eigenvalue weighted by molar-refractivity contribution is -0.166. The van der Waals surface area contributed by atoms with Crippen molar-refractivity contribution in [2.75, 3.05) is 40.5 Å². The van der Waals surface area contributed by atoms with Crippen molar-refractivity contribution in [1.82, 2.24) is 4.90 Å². The van der Waals surface area contributed by atoms with E-state index >= 15 is 0 Å². The van der Waals surface area contributed by atoms with Gasteiger partial charge in [0.05, 0.1) is 20.8 Å². The Morgan fingerprint density at radius 3 is 2.48 bits per heavy atom. The Bertz CT molecular complexity index is 551. The van der Waals surface area contributed by atoms with E-state index in [0.717, 1.165) is 31.1 Å². The van der Waals surface area contributed by atoms with Gasteiger partial charge in [-0.15, -0.1) is 0 Å². The molecular weight excluding hydrogens is 266 g/mol. The Morgan fingerprint density at radius 1 is 1.14 bits per heavy atom. The molecule has 4 heterocycles. The first kappa shape index (κ1) is 13.4. The highest BCUT2D eigenvalue weighted by molar-refractivity contribution is 5.51. The van der Waals surface area contributed by atoms with Crippen LogP contribution in [0.15, 0.2) is 12.1 Å². The number of benzene rings is 1. The Hall–Kier alpha value is -1.26. The van der Waals surface area contributed by atoms with Crippen molar-refractivity contribution in [2.24, 2.45) is 5.92 Å². The van der Waals surface area contributed by atoms with Gasteiger partial charge < -0.3 is 19.1 Å². The highest BCUT2D eigenvalue weighted by Gasteiger charge is 2.51. The van der Waals surface area contributed by atoms with E-state index in [1.54, 1.807) is 14.2 Å². The third-order valence-corrected chi connectivity index (χ3v) is 5.50. The van der Waals surface area contributed by atoms with Gasteiger partial charge in [0.25, 0.3) is 0 Å². The van der Waals surface area contributed by atoms with Gasteiger partial charge in [-0.1, -0.05) is 0 Å². The smallest absolute Gasteiger partial charge is 0.161 e. The molecule has 3 fully saturated rings. The van der Waals surface area contributed by atoms with Gasteiger partial charge in [0, 0.05) is 6.54 Å². The molecule has 1 aromatic carbocycles. The number of hydrogen-bond acceptors (Lipinski definition) is 4. The van der Waals surface area contributed by atoms with E-state index in [9.17, 15) is 0 Å². The van der Waals surface area contributed by atoms with Gasteiger partial charge in [-0.2, -0.15) is 0 Å². The van der Waals surface area contributed by atoms with E-state index in [1.807, 2.05) is 0 Å². The lowest BCUT2D eigenvalue weighted by Gasteiger charge is -2.55. The van der Waals surface area contributed by atoms with E-state index in [0.29, 0.717) is 5.92 Å². The molecule has 5 rings (SSSR count). The fraction of sp³-hybridized carbons (Fsp3) is 0.647. The van der Waals surface area contributed by atoms with Crippen LogP contribution in [0.3, 0.4) is 0 Å². The minimum Gasteiger partial charge on any atom is -0.493 e. The molecule has 114 valence electrons. The van der Waals surface area contributed by atoms with E-state index in [2.05, 4.69) is 17.0 Å². The summed E-state index contributed by atoms with van der Waals surface area (Å²) in [7, 11) is 3.41. The Labute approximate surface area is 126 Å². The van der Waals surface area contributed by atoms with Crippen LogP contribution in [-0.2, 0) is 16.8 Å². The van der Waals surface area contributed by atoms with Gasteiger partial charge >= 0.3 is 0 Å². The summed E-state index contributed by atoms with van der Waals surface area (Å²) in [5.41, 5.74) is 2.58. The molecule has 0 N–H and O–H groups in total. The maximum atomic E-state index is 6.40. The van der Waals surface area contributed by atoms with Crippen molar-refractivity contribution in [3.05, 3.63) is 23.3 Å². The molecule has 3 saturated heterocycles. The Morgan fingerprint density at radius 2 is 1.86 bits per heavy atom. The topological polar surface area (TPSA) is 30.9 Å². The van der Waals surface area contributed by atoms with Crippen LogP contribution in [0.4, 0.5) is 0 Å². The molecule has 0 saturated carbocycles. The number of piperidine rings is 3. The predicted molar refractivity (Wildman–Crippen MR) is 80.0 cm³/mol. The van der Waals surface area contributed by atoms with Gasteiger partial charge in [0.15, 0.2) is 11.5 Å². The fourth-order valence-electron chi connectivity index (χ4n) is 4.43. The molecule has 0 radical (unpaired) electrons. The van der Waals surface area contributed by atoms with Crippen LogP contribution in [0, 0.1) is 5.92 Å². The maximum absolute atomic E-state index is 6.40. The second-order valence-corrected chi connectivity index (χ2v) is 6.40. The molecule has 1 aromatic rings. The second kappa shape index (κ2) is 4.89. The highest BCUT2D eigenvalue weighted by atomic mass is 16.5. The number of hydrogen-bond donors (Lipinski definition) is 0. The van der Waals surface area contributed by atoms with Crippen LogP contribution in [0.25, 0.3) is 0 Å². The highest BCUT2D eigenvalue weighted by Crippen LogP contribution is 2.50. The number of fused-ring (bicyclic) bond motifs is 3. The normalized spacial score (nSPS) is 33.8. The summed E-state index contributed by atoms with van der Waals surface area (Å²) < 4.78 is 17.4. The number of ether oxygens (including phenoxy) is 3. The summed E-state index contributed by atoms with van der Waals surface area (Å²) in [4.78, 5) is 2.55. The van der Waals surface area contributed by atoms with Gasteiger partial charge in [-0.3, -0.25) is 0 Å². The lowest BCUT2D eigenvalue weighted by Crippen LogP contribution is -2.59. The van der Waals surface area contributed by atoms with Crippen molar-refractivity contribution in [3.63, 3.8) is 0 Å². The van der Waals surface area contributed by atoms with Crippen molar-refractivity contribution in [2.45, 2.75) is 24.9 Å². The van der Waals surface area contributed by atoms with Gasteiger partial charge in [-0.05, 0) is 61.5 Å². The minimum atomic E-state index is -0.121. The first-order valence-electron chi connectivity index (χ1n) is 7.88. The monoisotopic (exact) mass is 289 g/mol. The number of rotatable bonds is 2. The zero-order valence-electron chi connectivity index (χ0n) is 12.9. The summed E-state index contributed by atoms with van der Waals surface area (Å²) >= 11 is 0. The van der Waals surface area contributed by atoms with Crippen molar-refractivity contribution < 1.29 is 14.2 Å². The van der Waals surface area contributed by atoms with Crippen LogP contribution in [-0.4, -0.2) is 45.4 Å². The third kappa shape index (κ3) is 1.89. The molecule has 0 amide bonds. The summed E-state index contributed by atoms with van der Waals surface area (Å²) in [5.74, 6) is 2.28. The average molecular weight is 289 g/mol. The largest absolute Gasteiger partial charge is 0.493 e. The lowest BCUT2D eigenvalue weighted by atomic mass is 9.69. The summed E-state index contributed by atoms with van der Waals surface area (Å²) in [6.07, 6.45) is 3.45. The first-order valence-corrected chi connectivity index (χ1v) is 7.88. The molecule has 21 heavy (non-hydrogen) atoms. The van der Waals surface area contributed by atoms with E-state index in [4.69, 9.17) is 14.2 Å². The molecular formula is C17H23NO3. The van der Waals surface area contributed by atoms with Crippen molar-refractivity contribution in [3.8, 4) is 11.5 Å². The van der Waals surface area contributed by atoms with Crippen molar-refractivity contribution in [1.29, 1.82) is 0 Å². The fourth-order valence-corrected chi connectivity index (χ4v) is 4.43. The summed E-state index contributed by atoms with van der Waals surface area (Å²) in [6, 6.07) is 4.31. The van der Waals surface area contributed by atoms with Crippen LogP contribution < -0.4 is 9.47 Å². The Balaban J connectivity index is 1.84. The molecule has 1 unspecified atom stereocenters. The molecule has 4 nitrogen and oxygen atoms in total. The van der Waals surface area contributed by atoms with E-state index < -0.39 is 0 Å². The molecule has 1 spiro atoms. The molecule has 0 aliphatic carbocycles. The SMILES string of the molecule is COc1cc2c(cc1OC)C1(CN3CCC1CC3)OCC2. The minimum absolute atomic E-state index is 0.121. The maximum Gasteiger partial charge on any atom is 0.161 e. The van der Waals surface area contributed by atoms with E-state index in [-0.39, 0.29) is 5.60 Å². The third-order valence-electron chi connectivity index (χ3n) is 5.50. The van der Waals surface area contributed by atoms with Gasteiger partial charge in [0.1, 0.15) is 5.60 Å². The molecule has 1 atom stereocenters. The summed E-state index contributed by atoms with van der Waals surface area (Å²) in [6.45, 7) is 4.28. The van der Waals surface area contributed by atoms with Gasteiger partial charge in [0.2, 0.25) is 0 Å². The second-order valence-electron chi connectivity index (χ2n) is 6.40. The van der Waals surface area contributed by atoms with Crippen LogP contribution >= 0.6 is 0 Å². The zero-order chi connectivity index (χ0) is 14.4. The zero-order valence-corrected chi connectivity index (χ0v) is 12.9. The molecule has 4 aliphatic heterocycles. The van der Waals surface area contributed by atoms with Crippen LogP contribution in [0.2, 0.25) is 0 Å². The molecule has 0 aromatic heterocycles. The van der Waals surface area contributed by atoms with Crippen LogP contribution in [0.5, 0.6) is 11.5 Å². The standard InChI is InChI=1S/C17H23NO3/c1-19-15-9-12-5-8-21-17(14(12)10-16(15)20-2)11-18-6-3-13(17)4-7-18/h9-10,13H,3-8,11H2,1-2H3. The molecule has 4 heteroatoms. The molecule has 4 aliphatic rings. The van der Waals surface area contributed by atoms with Gasteiger partial charge in [-0.25, -0.2) is 0 Å². The Kier molecular flexibility index (Phi) is 3.12. The van der Waals surface area contributed by atoms with Crippen LogP contribution in [0.1, 0.15) is 24.0 Å². The van der Waals surface area contributed by atoms with E-state index in [1.165, 1.54) is 37.1 Å². The average Bonchev–Trinajstić information content (AvgIpc) is 2.55.